The van der Waals surface area contributed by atoms with E-state index in [1.54, 1.807) is 6.20 Å². The van der Waals surface area contributed by atoms with E-state index in [9.17, 15) is 0 Å². The molecule has 0 radical (unpaired) electrons. The molecule has 0 heterocycles. The SMILES string of the molecule is C=N/C=C\C=C/CC(OC)C1CCCCC1. The van der Waals surface area contributed by atoms with Gasteiger partial charge in [-0.2, -0.15) is 0 Å². The lowest BCUT2D eigenvalue weighted by atomic mass is 9.84. The molecular formula is C14H23NO. The minimum atomic E-state index is 0.390. The van der Waals surface area contributed by atoms with Crippen molar-refractivity contribution in [1.82, 2.24) is 0 Å². The Morgan fingerprint density at radius 3 is 2.69 bits per heavy atom. The summed E-state index contributed by atoms with van der Waals surface area (Å²) >= 11 is 0. The van der Waals surface area contributed by atoms with Gasteiger partial charge in [-0.15, -0.1) is 0 Å². The molecule has 2 heteroatoms. The summed E-state index contributed by atoms with van der Waals surface area (Å²) in [5.41, 5.74) is 0. The fourth-order valence-electron chi connectivity index (χ4n) is 2.39. The van der Waals surface area contributed by atoms with Crippen molar-refractivity contribution in [2.24, 2.45) is 10.9 Å². The van der Waals surface area contributed by atoms with Crippen molar-refractivity contribution < 1.29 is 4.74 Å². The summed E-state index contributed by atoms with van der Waals surface area (Å²) in [5, 5.41) is 0. The Hall–Kier alpha value is -0.890. The number of hydrogen-bond acceptors (Lipinski definition) is 2. The summed E-state index contributed by atoms with van der Waals surface area (Å²) in [5.74, 6) is 0.755. The maximum Gasteiger partial charge on any atom is 0.0633 e. The van der Waals surface area contributed by atoms with Gasteiger partial charge in [-0.25, -0.2) is 0 Å². The number of nitrogens with zero attached hydrogens (tertiary/aromatic N) is 1. The molecule has 0 aromatic carbocycles. The van der Waals surface area contributed by atoms with Crippen molar-refractivity contribution in [2.45, 2.75) is 44.6 Å². The summed E-state index contributed by atoms with van der Waals surface area (Å²) in [4.78, 5) is 3.65. The molecule has 1 saturated carbocycles. The smallest absolute Gasteiger partial charge is 0.0633 e. The maximum absolute atomic E-state index is 5.59. The van der Waals surface area contributed by atoms with Crippen molar-refractivity contribution >= 4 is 6.72 Å². The first-order chi connectivity index (χ1) is 7.88. The molecule has 0 N–H and O–H groups in total. The van der Waals surface area contributed by atoms with Gasteiger partial charge in [0, 0.05) is 13.3 Å². The monoisotopic (exact) mass is 221 g/mol. The summed E-state index contributed by atoms with van der Waals surface area (Å²) in [6.07, 6.45) is 16.0. The molecule has 1 aliphatic carbocycles. The van der Waals surface area contributed by atoms with Gasteiger partial charge in [0.05, 0.1) is 6.10 Å². The van der Waals surface area contributed by atoms with Crippen LogP contribution in [0.1, 0.15) is 38.5 Å². The highest BCUT2D eigenvalue weighted by molar-refractivity contribution is 5.26. The largest absolute Gasteiger partial charge is 0.381 e. The van der Waals surface area contributed by atoms with Gasteiger partial charge < -0.3 is 4.74 Å². The fourth-order valence-corrected chi connectivity index (χ4v) is 2.39. The van der Waals surface area contributed by atoms with Crippen molar-refractivity contribution in [1.29, 1.82) is 0 Å². The van der Waals surface area contributed by atoms with E-state index >= 15 is 0 Å². The number of hydrogen-bond donors (Lipinski definition) is 0. The molecule has 0 bridgehead atoms. The second kappa shape index (κ2) is 8.28. The Labute approximate surface area is 99.1 Å². The molecule has 1 fully saturated rings. The topological polar surface area (TPSA) is 21.6 Å². The number of aliphatic imine (C=N–C) groups is 1. The minimum Gasteiger partial charge on any atom is -0.381 e. The van der Waals surface area contributed by atoms with Crippen LogP contribution in [0.3, 0.4) is 0 Å². The van der Waals surface area contributed by atoms with Crippen molar-refractivity contribution in [3.05, 3.63) is 24.4 Å². The Kier molecular flexibility index (Phi) is 6.82. The second-order valence-electron chi connectivity index (χ2n) is 4.36. The van der Waals surface area contributed by atoms with Crippen LogP contribution in [0.2, 0.25) is 0 Å². The Morgan fingerprint density at radius 2 is 2.06 bits per heavy atom. The van der Waals surface area contributed by atoms with Crippen LogP contribution < -0.4 is 0 Å². The van der Waals surface area contributed by atoms with Crippen LogP contribution in [-0.2, 0) is 4.74 Å². The molecule has 0 saturated heterocycles. The highest BCUT2D eigenvalue weighted by atomic mass is 16.5. The standard InChI is InChI=1S/C14H23NO/c1-15-12-8-4-7-11-14(16-2)13-9-5-3-6-10-13/h4,7-8,12-14H,1,3,5-6,9-11H2,2H3/b7-4-,12-8-. The van der Waals surface area contributed by atoms with E-state index in [0.717, 1.165) is 12.3 Å². The number of rotatable bonds is 6. The lowest BCUT2D eigenvalue weighted by molar-refractivity contribution is 0.0389. The van der Waals surface area contributed by atoms with E-state index in [0.29, 0.717) is 6.10 Å². The van der Waals surface area contributed by atoms with Gasteiger partial charge in [-0.3, -0.25) is 4.99 Å². The Morgan fingerprint density at radius 1 is 1.31 bits per heavy atom. The second-order valence-corrected chi connectivity index (χ2v) is 4.36. The third-order valence-electron chi connectivity index (χ3n) is 3.29. The van der Waals surface area contributed by atoms with Crippen LogP contribution in [0.15, 0.2) is 29.4 Å². The normalized spacial score (nSPS) is 20.6. The molecule has 1 aliphatic rings. The number of ether oxygens (including phenoxy) is 1. The molecule has 1 atom stereocenters. The highest BCUT2D eigenvalue weighted by Gasteiger charge is 2.21. The van der Waals surface area contributed by atoms with Crippen molar-refractivity contribution in [3.63, 3.8) is 0 Å². The quantitative estimate of drug-likeness (QED) is 0.494. The molecule has 1 unspecified atom stereocenters. The molecule has 0 amide bonds. The molecule has 1 rings (SSSR count). The molecule has 16 heavy (non-hydrogen) atoms. The molecular weight excluding hydrogens is 198 g/mol. The first-order valence-electron chi connectivity index (χ1n) is 6.18. The molecule has 0 spiro atoms. The van der Waals surface area contributed by atoms with Crippen LogP contribution in [-0.4, -0.2) is 19.9 Å². The third-order valence-corrected chi connectivity index (χ3v) is 3.29. The summed E-state index contributed by atoms with van der Waals surface area (Å²) in [6.45, 7) is 3.39. The van der Waals surface area contributed by atoms with Gasteiger partial charge in [0.2, 0.25) is 0 Å². The zero-order valence-electron chi connectivity index (χ0n) is 10.3. The van der Waals surface area contributed by atoms with Gasteiger partial charge in [0.15, 0.2) is 0 Å². The van der Waals surface area contributed by atoms with Crippen LogP contribution in [0.4, 0.5) is 0 Å². The molecule has 0 aromatic heterocycles. The number of methoxy groups -OCH3 is 1. The van der Waals surface area contributed by atoms with E-state index in [-0.39, 0.29) is 0 Å². The zero-order chi connectivity index (χ0) is 11.6. The van der Waals surface area contributed by atoms with Crippen LogP contribution >= 0.6 is 0 Å². The van der Waals surface area contributed by atoms with E-state index in [2.05, 4.69) is 17.8 Å². The lowest BCUT2D eigenvalue weighted by Crippen LogP contribution is -2.24. The average Bonchev–Trinajstić information content (AvgIpc) is 2.35. The fraction of sp³-hybridized carbons (Fsp3) is 0.643. The Balaban J connectivity index is 2.32. The first-order valence-corrected chi connectivity index (χ1v) is 6.18. The first kappa shape index (κ1) is 13.2. The lowest BCUT2D eigenvalue weighted by Gasteiger charge is -2.28. The average molecular weight is 221 g/mol. The van der Waals surface area contributed by atoms with Gasteiger partial charge in [0.25, 0.3) is 0 Å². The van der Waals surface area contributed by atoms with Gasteiger partial charge in [-0.05, 0) is 38.0 Å². The third kappa shape index (κ3) is 4.75. The summed E-state index contributed by atoms with van der Waals surface area (Å²) < 4.78 is 5.59. The van der Waals surface area contributed by atoms with Gasteiger partial charge in [0.1, 0.15) is 0 Å². The summed E-state index contributed by atoms with van der Waals surface area (Å²) in [6, 6.07) is 0. The predicted octanol–water partition coefficient (Wildman–Crippen LogP) is 3.74. The highest BCUT2D eigenvalue weighted by Crippen LogP contribution is 2.29. The van der Waals surface area contributed by atoms with E-state index < -0.39 is 0 Å². The van der Waals surface area contributed by atoms with E-state index in [4.69, 9.17) is 4.74 Å². The number of allylic oxidation sites excluding steroid dienone is 2. The molecule has 2 nitrogen and oxygen atoms in total. The van der Waals surface area contributed by atoms with Gasteiger partial charge >= 0.3 is 0 Å². The van der Waals surface area contributed by atoms with Crippen LogP contribution in [0, 0.1) is 5.92 Å². The van der Waals surface area contributed by atoms with Gasteiger partial charge in [-0.1, -0.05) is 31.4 Å². The minimum absolute atomic E-state index is 0.390. The summed E-state index contributed by atoms with van der Waals surface area (Å²) in [7, 11) is 1.83. The zero-order valence-corrected chi connectivity index (χ0v) is 10.3. The predicted molar refractivity (Wildman–Crippen MR) is 69.8 cm³/mol. The Bertz CT molecular complexity index is 239. The van der Waals surface area contributed by atoms with Crippen molar-refractivity contribution in [2.75, 3.05) is 7.11 Å². The molecule has 0 aromatic rings. The molecule has 90 valence electrons. The van der Waals surface area contributed by atoms with E-state index in [1.165, 1.54) is 32.1 Å². The maximum atomic E-state index is 5.59. The molecule has 0 aliphatic heterocycles. The van der Waals surface area contributed by atoms with Crippen LogP contribution in [0.25, 0.3) is 0 Å². The van der Waals surface area contributed by atoms with E-state index in [1.807, 2.05) is 19.3 Å². The van der Waals surface area contributed by atoms with Crippen LogP contribution in [0.5, 0.6) is 0 Å². The van der Waals surface area contributed by atoms with Crippen molar-refractivity contribution in [3.8, 4) is 0 Å².